The smallest absolute Gasteiger partial charge is 0.331 e. The van der Waals surface area contributed by atoms with E-state index in [1.54, 1.807) is 18.2 Å². The number of H-pyrrole nitrogens is 1. The number of nitrogens with one attached hydrogen (secondary N) is 1. The van der Waals surface area contributed by atoms with Gasteiger partial charge in [0.15, 0.2) is 0 Å². The van der Waals surface area contributed by atoms with Crippen molar-refractivity contribution in [3.05, 3.63) is 85.5 Å². The van der Waals surface area contributed by atoms with E-state index in [4.69, 9.17) is 11.6 Å². The molecule has 0 saturated carbocycles. The van der Waals surface area contributed by atoms with Crippen molar-refractivity contribution in [3.8, 4) is 5.88 Å². The summed E-state index contributed by atoms with van der Waals surface area (Å²) in [5, 5.41) is 11.5. The Morgan fingerprint density at radius 2 is 2.00 bits per heavy atom. The summed E-state index contributed by atoms with van der Waals surface area (Å²) in [6, 6.07) is 14.8. The molecule has 0 aliphatic heterocycles. The number of halogens is 1. The molecule has 0 saturated heterocycles. The quantitative estimate of drug-likeness (QED) is 0.477. The van der Waals surface area contributed by atoms with Crippen LogP contribution in [0, 0.1) is 0 Å². The minimum Gasteiger partial charge on any atom is -0.494 e. The molecule has 146 valence electrons. The average Bonchev–Trinajstić information content (AvgIpc) is 3.10. The topological polar surface area (TPSA) is 100 Å². The molecule has 9 heteroatoms. The summed E-state index contributed by atoms with van der Waals surface area (Å²) in [5.41, 5.74) is 0.257. The van der Waals surface area contributed by atoms with Crippen LogP contribution in [0.4, 0.5) is 5.13 Å². The first-order valence-electron chi connectivity index (χ1n) is 8.71. The van der Waals surface area contributed by atoms with Crippen LogP contribution in [0.3, 0.4) is 0 Å². The minimum atomic E-state index is -0.712. The molecule has 4 aromatic rings. The molecule has 2 aromatic heterocycles. The van der Waals surface area contributed by atoms with Gasteiger partial charge < -0.3 is 5.11 Å². The Hall–Kier alpha value is -3.23. The lowest BCUT2D eigenvalue weighted by molar-refractivity contribution is 0.399. The number of aromatic hydroxyl groups is 1. The predicted molar refractivity (Wildman–Crippen MR) is 115 cm³/mol. The van der Waals surface area contributed by atoms with E-state index >= 15 is 0 Å². The molecule has 4 rings (SSSR count). The number of rotatable bonds is 5. The van der Waals surface area contributed by atoms with Gasteiger partial charge in [0.1, 0.15) is 5.56 Å². The Morgan fingerprint density at radius 3 is 2.79 bits per heavy atom. The molecule has 0 fully saturated rings. The molecule has 0 bridgehead atoms. The van der Waals surface area contributed by atoms with Gasteiger partial charge in [0, 0.05) is 17.8 Å². The monoisotopic (exact) mass is 426 g/mol. The second-order valence-corrected chi connectivity index (χ2v) is 7.70. The summed E-state index contributed by atoms with van der Waals surface area (Å²) in [5.74, 6) is -0.428. The van der Waals surface area contributed by atoms with Crippen LogP contribution in [0.1, 0.15) is 11.1 Å². The average molecular weight is 427 g/mol. The largest absolute Gasteiger partial charge is 0.494 e. The number of aryl methyl sites for hydroxylation is 1. The van der Waals surface area contributed by atoms with Crippen LogP contribution in [-0.4, -0.2) is 25.9 Å². The molecule has 0 aliphatic carbocycles. The molecule has 2 heterocycles. The third-order valence-electron chi connectivity index (χ3n) is 4.32. The van der Waals surface area contributed by atoms with Crippen LogP contribution in [0.25, 0.3) is 10.2 Å². The number of benzene rings is 2. The van der Waals surface area contributed by atoms with Crippen molar-refractivity contribution in [2.45, 2.75) is 13.0 Å². The summed E-state index contributed by atoms with van der Waals surface area (Å²) in [7, 11) is 0. The van der Waals surface area contributed by atoms with E-state index in [2.05, 4.69) is 15.0 Å². The molecule has 0 radical (unpaired) electrons. The van der Waals surface area contributed by atoms with Crippen LogP contribution in [0.15, 0.2) is 63.1 Å². The third kappa shape index (κ3) is 4.13. The Morgan fingerprint density at radius 1 is 1.21 bits per heavy atom. The number of hydrogen-bond donors (Lipinski definition) is 2. The zero-order valence-electron chi connectivity index (χ0n) is 15.0. The maximum absolute atomic E-state index is 12.2. The van der Waals surface area contributed by atoms with E-state index in [9.17, 15) is 14.7 Å². The lowest BCUT2D eigenvalue weighted by Crippen LogP contribution is -2.32. The van der Waals surface area contributed by atoms with Crippen LogP contribution >= 0.6 is 22.9 Å². The molecule has 0 spiro atoms. The number of aromatic nitrogens is 3. The molecule has 29 heavy (non-hydrogen) atoms. The summed E-state index contributed by atoms with van der Waals surface area (Å²) >= 11 is 7.28. The number of fused-ring (bicyclic) bond motifs is 1. The van der Waals surface area contributed by atoms with Gasteiger partial charge in [-0.05, 0) is 30.2 Å². The van der Waals surface area contributed by atoms with E-state index in [0.717, 1.165) is 20.3 Å². The van der Waals surface area contributed by atoms with Gasteiger partial charge in [0.25, 0.3) is 5.56 Å². The van der Waals surface area contributed by atoms with Gasteiger partial charge in [-0.2, -0.15) is 0 Å². The highest BCUT2D eigenvalue weighted by Gasteiger charge is 2.13. The summed E-state index contributed by atoms with van der Waals surface area (Å²) in [6.07, 6.45) is 1.74. The van der Waals surface area contributed by atoms with Crippen LogP contribution < -0.4 is 11.2 Å². The van der Waals surface area contributed by atoms with Crippen molar-refractivity contribution in [2.75, 3.05) is 0 Å². The molecule has 0 unspecified atom stereocenters. The fourth-order valence-corrected chi connectivity index (χ4v) is 3.93. The van der Waals surface area contributed by atoms with Crippen molar-refractivity contribution in [1.82, 2.24) is 14.5 Å². The van der Waals surface area contributed by atoms with Crippen molar-refractivity contribution in [2.24, 2.45) is 4.99 Å². The second-order valence-electron chi connectivity index (χ2n) is 6.25. The highest BCUT2D eigenvalue weighted by Crippen LogP contribution is 2.30. The van der Waals surface area contributed by atoms with E-state index in [1.807, 2.05) is 30.3 Å². The van der Waals surface area contributed by atoms with Gasteiger partial charge in [0.2, 0.25) is 11.0 Å². The Bertz CT molecular complexity index is 1330. The van der Waals surface area contributed by atoms with Gasteiger partial charge in [0.05, 0.1) is 10.2 Å². The van der Waals surface area contributed by atoms with E-state index in [-0.39, 0.29) is 12.1 Å². The first-order chi connectivity index (χ1) is 14.0. The highest BCUT2D eigenvalue weighted by atomic mass is 35.5. The first-order valence-corrected chi connectivity index (χ1v) is 9.91. The van der Waals surface area contributed by atoms with E-state index in [0.29, 0.717) is 16.6 Å². The highest BCUT2D eigenvalue weighted by molar-refractivity contribution is 7.22. The standard InChI is InChI=1S/C20H15ClN4O3S/c21-13-6-7-15-16(10-13)29-19(23-15)22-11-14-17(26)24-20(28)25(18(14)27)9-8-12-4-2-1-3-5-12/h1-7,10-11,27H,8-9H2,(H,24,26,28). The van der Waals surface area contributed by atoms with Crippen LogP contribution in [0.2, 0.25) is 5.02 Å². The molecule has 2 N–H and O–H groups in total. The molecule has 0 amide bonds. The Balaban J connectivity index is 1.64. The van der Waals surface area contributed by atoms with Crippen molar-refractivity contribution in [1.29, 1.82) is 0 Å². The molecular weight excluding hydrogens is 412 g/mol. The van der Waals surface area contributed by atoms with Gasteiger partial charge in [-0.1, -0.05) is 53.3 Å². The fourth-order valence-electron chi connectivity index (χ4n) is 2.85. The summed E-state index contributed by atoms with van der Waals surface area (Å²) in [4.78, 5) is 35.1. The molecular formula is C20H15ClN4O3S. The summed E-state index contributed by atoms with van der Waals surface area (Å²) < 4.78 is 1.98. The molecule has 2 aromatic carbocycles. The predicted octanol–water partition coefficient (Wildman–Crippen LogP) is 3.50. The maximum atomic E-state index is 12.2. The fraction of sp³-hybridized carbons (Fsp3) is 0.100. The molecule has 0 aliphatic rings. The Kier molecular flexibility index (Phi) is 5.28. The Labute approximate surface area is 173 Å². The van der Waals surface area contributed by atoms with Gasteiger partial charge in [-0.25, -0.2) is 14.8 Å². The SMILES string of the molecule is O=c1[nH]c(=O)n(CCc2ccccc2)c(O)c1C=Nc1nc2ccc(Cl)cc2s1. The normalized spacial score (nSPS) is 11.5. The minimum absolute atomic E-state index is 0.102. The number of aromatic amines is 1. The lowest BCUT2D eigenvalue weighted by Gasteiger charge is -2.09. The van der Waals surface area contributed by atoms with E-state index < -0.39 is 17.1 Å². The zero-order valence-corrected chi connectivity index (χ0v) is 16.6. The molecule has 0 atom stereocenters. The number of hydrogen-bond acceptors (Lipinski definition) is 6. The van der Waals surface area contributed by atoms with Crippen molar-refractivity contribution >= 4 is 44.5 Å². The second kappa shape index (κ2) is 8.02. The van der Waals surface area contributed by atoms with Crippen LogP contribution in [-0.2, 0) is 13.0 Å². The van der Waals surface area contributed by atoms with Gasteiger partial charge >= 0.3 is 5.69 Å². The molecule has 7 nitrogen and oxygen atoms in total. The van der Waals surface area contributed by atoms with Gasteiger partial charge in [-0.3, -0.25) is 14.3 Å². The van der Waals surface area contributed by atoms with Crippen molar-refractivity contribution < 1.29 is 5.11 Å². The summed E-state index contributed by atoms with van der Waals surface area (Å²) in [6.45, 7) is 0.214. The van der Waals surface area contributed by atoms with Crippen molar-refractivity contribution in [3.63, 3.8) is 0 Å². The maximum Gasteiger partial charge on any atom is 0.331 e. The lowest BCUT2D eigenvalue weighted by atomic mass is 10.1. The third-order valence-corrected chi connectivity index (χ3v) is 5.48. The first kappa shape index (κ1) is 19.1. The number of thiazole rings is 1. The van der Waals surface area contributed by atoms with E-state index in [1.165, 1.54) is 17.6 Å². The van der Waals surface area contributed by atoms with Crippen LogP contribution in [0.5, 0.6) is 5.88 Å². The van der Waals surface area contributed by atoms with Gasteiger partial charge in [-0.15, -0.1) is 0 Å². The zero-order chi connectivity index (χ0) is 20.4. The number of nitrogens with zero attached hydrogens (tertiary/aromatic N) is 3. The number of aliphatic imine (C=N–C) groups is 1.